The predicted octanol–water partition coefficient (Wildman–Crippen LogP) is 4.11. The van der Waals surface area contributed by atoms with Gasteiger partial charge in [-0.05, 0) is 36.1 Å². The summed E-state index contributed by atoms with van der Waals surface area (Å²) in [6.45, 7) is 2.08. The molecule has 0 heterocycles. The molecule has 2 nitrogen and oxygen atoms in total. The number of rotatable bonds is 5. The van der Waals surface area contributed by atoms with Gasteiger partial charge in [0, 0.05) is 10.9 Å². The van der Waals surface area contributed by atoms with Gasteiger partial charge in [0.05, 0.1) is 0 Å². The van der Waals surface area contributed by atoms with E-state index in [0.29, 0.717) is 6.42 Å². The zero-order chi connectivity index (χ0) is 12.0. The third kappa shape index (κ3) is 4.19. The first-order chi connectivity index (χ1) is 7.63. The van der Waals surface area contributed by atoms with Crippen molar-refractivity contribution in [3.05, 3.63) is 40.4 Å². The minimum absolute atomic E-state index is 0.192. The van der Waals surface area contributed by atoms with Crippen molar-refractivity contribution in [3.8, 4) is 0 Å². The summed E-state index contributed by atoms with van der Waals surface area (Å²) < 4.78 is 1.04. The van der Waals surface area contributed by atoms with Crippen molar-refractivity contribution in [1.82, 2.24) is 0 Å². The second-order valence-corrected chi connectivity index (χ2v) is 4.44. The number of aliphatic carboxylic acids is 1. The van der Waals surface area contributed by atoms with Gasteiger partial charge in [-0.1, -0.05) is 41.1 Å². The van der Waals surface area contributed by atoms with Crippen LogP contribution in [0.1, 0.15) is 31.7 Å². The summed E-state index contributed by atoms with van der Waals surface area (Å²) in [6, 6.07) is 8.06. The number of benzene rings is 1. The van der Waals surface area contributed by atoms with Gasteiger partial charge in [-0.3, -0.25) is 4.79 Å². The summed E-state index contributed by atoms with van der Waals surface area (Å²) in [7, 11) is 0. The van der Waals surface area contributed by atoms with Gasteiger partial charge in [0.1, 0.15) is 0 Å². The summed E-state index contributed by atoms with van der Waals surface area (Å²) in [5, 5.41) is 8.58. The lowest BCUT2D eigenvalue weighted by Crippen LogP contribution is -1.92. The van der Waals surface area contributed by atoms with Crippen LogP contribution < -0.4 is 0 Å². The average Bonchev–Trinajstić information content (AvgIpc) is 2.24. The van der Waals surface area contributed by atoms with E-state index in [9.17, 15) is 4.79 Å². The molecule has 16 heavy (non-hydrogen) atoms. The number of allylic oxidation sites excluding steroid dienone is 2. The molecule has 0 bridgehead atoms. The topological polar surface area (TPSA) is 37.3 Å². The maximum atomic E-state index is 10.4. The van der Waals surface area contributed by atoms with Crippen LogP contribution in [0.5, 0.6) is 0 Å². The van der Waals surface area contributed by atoms with E-state index >= 15 is 0 Å². The fourth-order valence-corrected chi connectivity index (χ4v) is 1.92. The fourth-order valence-electron chi connectivity index (χ4n) is 1.52. The molecule has 0 aromatic heterocycles. The van der Waals surface area contributed by atoms with E-state index in [0.717, 1.165) is 16.5 Å². The molecular weight excluding hydrogens is 268 g/mol. The lowest BCUT2D eigenvalue weighted by Gasteiger charge is -2.05. The number of halogens is 1. The Morgan fingerprint density at radius 2 is 2.25 bits per heavy atom. The minimum Gasteiger partial charge on any atom is -0.481 e. The van der Waals surface area contributed by atoms with E-state index in [4.69, 9.17) is 5.11 Å². The second kappa shape index (κ2) is 6.48. The van der Waals surface area contributed by atoms with E-state index in [2.05, 4.69) is 28.9 Å². The number of carboxylic acids is 1. The molecule has 1 aromatic carbocycles. The quantitative estimate of drug-likeness (QED) is 0.883. The Bertz CT molecular complexity index is 397. The molecule has 86 valence electrons. The van der Waals surface area contributed by atoms with Crippen LogP contribution in [-0.2, 0) is 4.79 Å². The molecule has 0 unspecified atom stereocenters. The molecular formula is C13H15BrO2. The highest BCUT2D eigenvalue weighted by Gasteiger charge is 2.00. The van der Waals surface area contributed by atoms with Gasteiger partial charge in [-0.15, -0.1) is 0 Å². The Balaban J connectivity index is 2.77. The predicted molar refractivity (Wildman–Crippen MR) is 69.3 cm³/mol. The van der Waals surface area contributed by atoms with Crippen molar-refractivity contribution in [3.63, 3.8) is 0 Å². The monoisotopic (exact) mass is 282 g/mol. The molecule has 0 aliphatic carbocycles. The zero-order valence-corrected chi connectivity index (χ0v) is 10.8. The molecule has 1 N–H and O–H groups in total. The van der Waals surface area contributed by atoms with Crippen LogP contribution in [0.4, 0.5) is 0 Å². The van der Waals surface area contributed by atoms with E-state index in [1.165, 1.54) is 5.57 Å². The van der Waals surface area contributed by atoms with Gasteiger partial charge in [-0.25, -0.2) is 0 Å². The lowest BCUT2D eigenvalue weighted by molar-refractivity contribution is -0.136. The van der Waals surface area contributed by atoms with Crippen molar-refractivity contribution in [2.75, 3.05) is 0 Å². The van der Waals surface area contributed by atoms with Crippen molar-refractivity contribution in [1.29, 1.82) is 0 Å². The van der Waals surface area contributed by atoms with Crippen molar-refractivity contribution in [2.24, 2.45) is 0 Å². The molecule has 1 rings (SSSR count). The van der Waals surface area contributed by atoms with Crippen LogP contribution in [-0.4, -0.2) is 11.1 Å². The summed E-state index contributed by atoms with van der Waals surface area (Å²) in [5.74, 6) is -0.749. The first-order valence-corrected chi connectivity index (χ1v) is 6.09. The molecule has 0 atom stereocenters. The maximum absolute atomic E-state index is 10.4. The summed E-state index contributed by atoms with van der Waals surface area (Å²) in [5.41, 5.74) is 2.35. The Labute approximate surface area is 104 Å². The highest BCUT2D eigenvalue weighted by molar-refractivity contribution is 9.10. The Morgan fingerprint density at radius 3 is 2.81 bits per heavy atom. The largest absolute Gasteiger partial charge is 0.481 e. The van der Waals surface area contributed by atoms with Gasteiger partial charge >= 0.3 is 5.97 Å². The second-order valence-electron chi connectivity index (χ2n) is 3.53. The average molecular weight is 283 g/mol. The van der Waals surface area contributed by atoms with Crippen LogP contribution in [0, 0.1) is 0 Å². The smallest absolute Gasteiger partial charge is 0.303 e. The van der Waals surface area contributed by atoms with Crippen molar-refractivity contribution >= 4 is 27.5 Å². The van der Waals surface area contributed by atoms with Gasteiger partial charge in [-0.2, -0.15) is 0 Å². The first kappa shape index (κ1) is 13.0. The van der Waals surface area contributed by atoms with Gasteiger partial charge < -0.3 is 5.11 Å². The van der Waals surface area contributed by atoms with Gasteiger partial charge in [0.2, 0.25) is 0 Å². The van der Waals surface area contributed by atoms with Crippen molar-refractivity contribution < 1.29 is 9.90 Å². The SMILES string of the molecule is CC/C(=C\CCC(=O)O)c1cccc(Br)c1. The first-order valence-electron chi connectivity index (χ1n) is 5.30. The minimum atomic E-state index is -0.749. The molecule has 3 heteroatoms. The van der Waals surface area contributed by atoms with Crippen LogP contribution in [0.3, 0.4) is 0 Å². The maximum Gasteiger partial charge on any atom is 0.303 e. The zero-order valence-electron chi connectivity index (χ0n) is 9.24. The van der Waals surface area contributed by atoms with Crippen molar-refractivity contribution in [2.45, 2.75) is 26.2 Å². The summed E-state index contributed by atoms with van der Waals surface area (Å²) in [4.78, 5) is 10.4. The molecule has 0 radical (unpaired) electrons. The van der Waals surface area contributed by atoms with E-state index in [1.807, 2.05) is 24.3 Å². The third-order valence-electron chi connectivity index (χ3n) is 2.33. The molecule has 1 aromatic rings. The number of carbonyl (C=O) groups is 1. The van der Waals surface area contributed by atoms with Crippen LogP contribution >= 0.6 is 15.9 Å². The normalized spacial score (nSPS) is 11.5. The molecule has 0 saturated carbocycles. The van der Waals surface area contributed by atoms with Gasteiger partial charge in [0.15, 0.2) is 0 Å². The van der Waals surface area contributed by atoms with Crippen LogP contribution in [0.2, 0.25) is 0 Å². The molecule has 0 aliphatic rings. The highest BCUT2D eigenvalue weighted by Crippen LogP contribution is 2.22. The fraction of sp³-hybridized carbons (Fsp3) is 0.308. The van der Waals surface area contributed by atoms with E-state index in [1.54, 1.807) is 0 Å². The number of carboxylic acid groups (broad SMARTS) is 1. The lowest BCUT2D eigenvalue weighted by atomic mass is 10.0. The molecule has 0 aliphatic heterocycles. The van der Waals surface area contributed by atoms with E-state index in [-0.39, 0.29) is 6.42 Å². The van der Waals surface area contributed by atoms with Crippen LogP contribution in [0.25, 0.3) is 5.57 Å². The third-order valence-corrected chi connectivity index (χ3v) is 2.82. The summed E-state index contributed by atoms with van der Waals surface area (Å²) in [6.07, 6.45) is 3.70. The Kier molecular flexibility index (Phi) is 5.26. The van der Waals surface area contributed by atoms with Crippen LogP contribution in [0.15, 0.2) is 34.8 Å². The van der Waals surface area contributed by atoms with Gasteiger partial charge in [0.25, 0.3) is 0 Å². The standard InChI is InChI=1S/C13H15BrO2/c1-2-10(5-4-8-13(15)16)11-6-3-7-12(14)9-11/h3,5-7,9H,2,4,8H2,1H3,(H,15,16)/b10-5+. The number of hydrogen-bond donors (Lipinski definition) is 1. The highest BCUT2D eigenvalue weighted by atomic mass is 79.9. The Morgan fingerprint density at radius 1 is 1.50 bits per heavy atom. The molecule has 0 saturated heterocycles. The summed E-state index contributed by atoms with van der Waals surface area (Å²) >= 11 is 3.43. The Hall–Kier alpha value is -1.09. The number of hydrogen-bond acceptors (Lipinski definition) is 1. The van der Waals surface area contributed by atoms with E-state index < -0.39 is 5.97 Å². The molecule has 0 spiro atoms. The molecule has 0 amide bonds. The molecule has 0 fully saturated rings.